The third kappa shape index (κ3) is 1.84. The van der Waals surface area contributed by atoms with E-state index in [0.717, 1.165) is 25.9 Å². The monoisotopic (exact) mass is 502 g/mol. The topological polar surface area (TPSA) is 30.5 Å². The molecule has 0 radical (unpaired) electrons. The van der Waals surface area contributed by atoms with Crippen LogP contribution in [0.3, 0.4) is 0 Å². The third-order valence-corrected chi connectivity index (χ3v) is 9.20. The van der Waals surface area contributed by atoms with Gasteiger partial charge in [-0.3, -0.25) is 9.80 Å². The summed E-state index contributed by atoms with van der Waals surface area (Å²) in [7, 11) is 4.57. The van der Waals surface area contributed by atoms with Crippen molar-refractivity contribution in [2.24, 2.45) is 0 Å². The first-order chi connectivity index (χ1) is 13.5. The zero-order valence-corrected chi connectivity index (χ0v) is 19.3. The van der Waals surface area contributed by atoms with Gasteiger partial charge < -0.3 is 10.6 Å². The molecule has 4 nitrogen and oxygen atoms in total. The second-order valence-electron chi connectivity index (χ2n) is 8.82. The molecule has 4 heterocycles. The van der Waals surface area contributed by atoms with Crippen molar-refractivity contribution in [2.75, 3.05) is 37.8 Å². The minimum Gasteiger partial charge on any atom is -0.368 e. The number of nitrogens with one attached hydrogen (secondary N) is 2. The maximum absolute atomic E-state index is 3.98. The highest BCUT2D eigenvalue weighted by atomic mass is 79.9. The molecule has 6 rings (SSSR count). The Morgan fingerprint density at radius 3 is 1.64 bits per heavy atom. The molecule has 2 fully saturated rings. The highest BCUT2D eigenvalue weighted by Crippen LogP contribution is 2.67. The van der Waals surface area contributed by atoms with E-state index in [1.165, 1.54) is 31.4 Å². The zero-order valence-electron chi connectivity index (χ0n) is 16.1. The van der Waals surface area contributed by atoms with E-state index < -0.39 is 0 Å². The van der Waals surface area contributed by atoms with E-state index in [2.05, 4.69) is 103 Å². The summed E-state index contributed by atoms with van der Waals surface area (Å²) in [5, 5.41) is 7.96. The third-order valence-electron chi connectivity index (χ3n) is 7.88. The van der Waals surface area contributed by atoms with Crippen LogP contribution in [0, 0.1) is 0 Å². The van der Waals surface area contributed by atoms with Gasteiger partial charge in [0.2, 0.25) is 0 Å². The quantitative estimate of drug-likeness (QED) is 0.551. The number of piperidine rings is 2. The van der Waals surface area contributed by atoms with Crippen molar-refractivity contribution in [1.29, 1.82) is 0 Å². The van der Waals surface area contributed by atoms with E-state index >= 15 is 0 Å². The number of para-hydroxylation sites is 2. The summed E-state index contributed by atoms with van der Waals surface area (Å²) in [4.78, 5) is 5.08. The SMILES string of the molecule is CN1CC[C@]23c4cccc(Br)c4N[C@H]1[C@]21CCN(C)[C@H]3Nc2c(Br)cccc21. The van der Waals surface area contributed by atoms with Crippen LogP contribution in [0.15, 0.2) is 45.3 Å². The Morgan fingerprint density at radius 2 is 1.21 bits per heavy atom. The van der Waals surface area contributed by atoms with Crippen molar-refractivity contribution in [3.63, 3.8) is 0 Å². The molecule has 2 N–H and O–H groups in total. The van der Waals surface area contributed by atoms with Crippen molar-refractivity contribution >= 4 is 43.2 Å². The lowest BCUT2D eigenvalue weighted by molar-refractivity contribution is -0.0693. The minimum absolute atomic E-state index is 0.0370. The molecule has 28 heavy (non-hydrogen) atoms. The van der Waals surface area contributed by atoms with Gasteiger partial charge in [0.25, 0.3) is 0 Å². The highest BCUT2D eigenvalue weighted by Gasteiger charge is 2.71. The lowest BCUT2D eigenvalue weighted by atomic mass is 9.45. The molecular weight excluding hydrogens is 480 g/mol. The van der Waals surface area contributed by atoms with Crippen LogP contribution in [0.1, 0.15) is 24.0 Å². The predicted molar refractivity (Wildman–Crippen MR) is 121 cm³/mol. The molecule has 4 atom stereocenters. The van der Waals surface area contributed by atoms with Crippen molar-refractivity contribution < 1.29 is 0 Å². The van der Waals surface area contributed by atoms with E-state index in [1.54, 1.807) is 0 Å². The molecule has 0 aliphatic carbocycles. The molecule has 0 spiro atoms. The number of halogens is 2. The molecule has 4 aliphatic rings. The van der Waals surface area contributed by atoms with Crippen LogP contribution in [0.4, 0.5) is 11.4 Å². The number of hydrogen-bond acceptors (Lipinski definition) is 4. The number of anilines is 2. The standard InChI is InChI=1S/C22H24Br2N4/c1-27-11-9-22-14-6-4-7-15(23)17(14)25-19(27)21(22)10-12-28(2)20(22)26-18-13(21)5-3-8-16(18)24/h3-8,19-20,25-26H,9-12H2,1-2H3/t19-,20-,21-,22-/m1/s1. The Morgan fingerprint density at radius 1 is 0.786 bits per heavy atom. The number of fused-ring (bicyclic) bond motifs is 2. The average molecular weight is 504 g/mol. The van der Waals surface area contributed by atoms with E-state index in [1.807, 2.05) is 0 Å². The van der Waals surface area contributed by atoms with Crippen molar-refractivity contribution in [3.05, 3.63) is 56.5 Å². The first kappa shape index (κ1) is 17.8. The lowest BCUT2D eigenvalue weighted by Crippen LogP contribution is -2.80. The molecule has 2 aromatic carbocycles. The largest absolute Gasteiger partial charge is 0.368 e. The number of likely N-dealkylation sites (N-methyl/N-ethyl adjacent to an activating group) is 2. The average Bonchev–Trinajstić information content (AvgIpc) is 2.68. The van der Waals surface area contributed by atoms with Gasteiger partial charge >= 0.3 is 0 Å². The van der Waals surface area contributed by atoms with Gasteiger partial charge in [-0.1, -0.05) is 24.3 Å². The van der Waals surface area contributed by atoms with Gasteiger partial charge in [-0.15, -0.1) is 0 Å². The zero-order chi connectivity index (χ0) is 19.3. The summed E-state index contributed by atoms with van der Waals surface area (Å²) in [6.45, 7) is 2.20. The number of benzene rings is 2. The van der Waals surface area contributed by atoms with Crippen molar-refractivity contribution in [2.45, 2.75) is 36.0 Å². The second kappa shape index (κ2) is 5.75. The molecule has 2 aromatic rings. The summed E-state index contributed by atoms with van der Waals surface area (Å²) in [5.74, 6) is 0. The van der Waals surface area contributed by atoms with Crippen LogP contribution in [0.25, 0.3) is 0 Å². The molecule has 0 amide bonds. The van der Waals surface area contributed by atoms with Crippen LogP contribution in [-0.4, -0.2) is 49.3 Å². The predicted octanol–water partition coefficient (Wildman–Crippen LogP) is 4.56. The second-order valence-corrected chi connectivity index (χ2v) is 10.5. The lowest BCUT2D eigenvalue weighted by Gasteiger charge is -2.71. The summed E-state index contributed by atoms with van der Waals surface area (Å²) in [6, 6.07) is 13.5. The van der Waals surface area contributed by atoms with Gasteiger partial charge in [-0.05, 0) is 82.1 Å². The van der Waals surface area contributed by atoms with Crippen LogP contribution in [0.2, 0.25) is 0 Å². The van der Waals surface area contributed by atoms with E-state index in [-0.39, 0.29) is 23.2 Å². The first-order valence-corrected chi connectivity index (χ1v) is 11.6. The van der Waals surface area contributed by atoms with Crippen LogP contribution >= 0.6 is 31.9 Å². The Kier molecular flexibility index (Phi) is 3.64. The molecule has 4 bridgehead atoms. The fraction of sp³-hybridized carbons (Fsp3) is 0.455. The van der Waals surface area contributed by atoms with Crippen LogP contribution in [-0.2, 0) is 10.8 Å². The van der Waals surface area contributed by atoms with Gasteiger partial charge in [0.1, 0.15) is 0 Å². The fourth-order valence-corrected chi connectivity index (χ4v) is 7.75. The molecule has 0 unspecified atom stereocenters. The van der Waals surface area contributed by atoms with Crippen molar-refractivity contribution in [1.82, 2.24) is 9.80 Å². The molecule has 0 aromatic heterocycles. The highest BCUT2D eigenvalue weighted by molar-refractivity contribution is 9.11. The van der Waals surface area contributed by atoms with Gasteiger partial charge in [-0.2, -0.15) is 0 Å². The number of likely N-dealkylation sites (tertiary alicyclic amines) is 2. The smallest absolute Gasteiger partial charge is 0.0901 e. The molecule has 0 saturated carbocycles. The molecule has 2 saturated heterocycles. The van der Waals surface area contributed by atoms with Crippen molar-refractivity contribution in [3.8, 4) is 0 Å². The van der Waals surface area contributed by atoms with Gasteiger partial charge in [-0.25, -0.2) is 0 Å². The van der Waals surface area contributed by atoms with E-state index in [0.29, 0.717) is 0 Å². The van der Waals surface area contributed by atoms with Gasteiger partial charge in [0, 0.05) is 32.9 Å². The first-order valence-electron chi connectivity index (χ1n) is 10.0. The molecule has 6 heteroatoms. The fourth-order valence-electron chi connectivity index (χ4n) is 6.79. The van der Waals surface area contributed by atoms with Crippen LogP contribution in [0.5, 0.6) is 0 Å². The Balaban J connectivity index is 1.76. The van der Waals surface area contributed by atoms with Gasteiger partial charge in [0.15, 0.2) is 0 Å². The Hall–Kier alpha value is -1.08. The normalized spacial score (nSPS) is 35.9. The van der Waals surface area contributed by atoms with E-state index in [9.17, 15) is 0 Å². The number of rotatable bonds is 0. The summed E-state index contributed by atoms with van der Waals surface area (Å²) < 4.78 is 2.33. The molecular formula is C22H24Br2N4. The minimum atomic E-state index is 0.0370. The number of hydrogen-bond donors (Lipinski definition) is 2. The molecule has 146 valence electrons. The van der Waals surface area contributed by atoms with Crippen LogP contribution < -0.4 is 10.6 Å². The van der Waals surface area contributed by atoms with Gasteiger partial charge in [0.05, 0.1) is 23.7 Å². The Bertz CT molecular complexity index is 915. The Labute approximate surface area is 182 Å². The summed E-state index contributed by atoms with van der Waals surface area (Å²) >= 11 is 7.67. The number of nitrogens with zero attached hydrogens (tertiary/aromatic N) is 2. The van der Waals surface area contributed by atoms with E-state index in [4.69, 9.17) is 0 Å². The summed E-state index contributed by atoms with van der Waals surface area (Å²) in [6.07, 6.45) is 2.86. The maximum Gasteiger partial charge on any atom is 0.0901 e. The maximum atomic E-state index is 3.98. The summed E-state index contributed by atoms with van der Waals surface area (Å²) in [5.41, 5.74) is 5.54. The molecule has 4 aliphatic heterocycles.